The van der Waals surface area contributed by atoms with Crippen molar-refractivity contribution in [1.29, 1.82) is 0 Å². The molecule has 0 aromatic heterocycles. The van der Waals surface area contributed by atoms with Crippen molar-refractivity contribution in [1.82, 2.24) is 0 Å². The minimum absolute atomic E-state index is 0.267. The van der Waals surface area contributed by atoms with E-state index in [9.17, 15) is 4.79 Å². The Hall–Kier alpha value is -1.07. The molecule has 1 aliphatic heterocycles. The highest BCUT2D eigenvalue weighted by Crippen LogP contribution is 2.39. The summed E-state index contributed by atoms with van der Waals surface area (Å²) in [6, 6.07) is 0. The van der Waals surface area contributed by atoms with Crippen LogP contribution < -0.4 is 0 Å². The maximum absolute atomic E-state index is 11.0. The van der Waals surface area contributed by atoms with Gasteiger partial charge in [0.2, 0.25) is 0 Å². The normalized spacial score (nSPS) is 20.3. The van der Waals surface area contributed by atoms with Gasteiger partial charge in [-0.1, -0.05) is 38.0 Å². The van der Waals surface area contributed by atoms with Gasteiger partial charge in [-0.25, -0.2) is 0 Å². The molecule has 1 aliphatic rings. The zero-order valence-corrected chi connectivity index (χ0v) is 15.5. The number of rotatable bonds is 8. The van der Waals surface area contributed by atoms with Gasteiger partial charge in [0.1, 0.15) is 0 Å². The van der Waals surface area contributed by atoms with Crippen molar-refractivity contribution >= 4 is 13.1 Å². The summed E-state index contributed by atoms with van der Waals surface area (Å²) in [5.41, 5.74) is 0.256. The van der Waals surface area contributed by atoms with Gasteiger partial charge in [0, 0.05) is 6.92 Å². The third-order valence-corrected chi connectivity index (χ3v) is 4.42. The molecule has 0 bridgehead atoms. The summed E-state index contributed by atoms with van der Waals surface area (Å²) in [5.74, 6) is -0.267. The summed E-state index contributed by atoms with van der Waals surface area (Å²) < 4.78 is 17.3. The van der Waals surface area contributed by atoms with Crippen molar-refractivity contribution < 1.29 is 18.8 Å². The zero-order valence-electron chi connectivity index (χ0n) is 15.5. The maximum atomic E-state index is 11.0. The number of carbonyl (C=O) groups excluding carboxylic acids is 1. The Morgan fingerprint density at radius 1 is 1.17 bits per heavy atom. The monoisotopic (exact) mass is 322 g/mol. The molecule has 5 heteroatoms. The number of hydrogen-bond acceptors (Lipinski definition) is 4. The van der Waals surface area contributed by atoms with E-state index in [4.69, 9.17) is 14.0 Å². The highest BCUT2D eigenvalue weighted by atomic mass is 16.7. The molecule has 0 N–H and O–H groups in total. The van der Waals surface area contributed by atoms with E-state index in [2.05, 4.69) is 13.0 Å². The van der Waals surface area contributed by atoms with Gasteiger partial charge in [-0.15, -0.1) is 0 Å². The van der Waals surface area contributed by atoms with Crippen LogP contribution in [0.25, 0.3) is 0 Å². The number of carbonyl (C=O) groups is 1. The molecule has 0 unspecified atom stereocenters. The number of allylic oxidation sites excluding steroid dienone is 3. The lowest BCUT2D eigenvalue weighted by Crippen LogP contribution is -2.41. The van der Waals surface area contributed by atoms with Crippen molar-refractivity contribution in [3.8, 4) is 0 Å². The molecule has 1 saturated heterocycles. The van der Waals surface area contributed by atoms with E-state index in [-0.39, 0.29) is 17.2 Å². The average Bonchev–Trinajstić information content (AvgIpc) is 2.64. The first-order chi connectivity index (χ1) is 10.7. The SMILES string of the molecule is CCCC/C=C/C=C(/CCOC(C)=O)B1OC(C)(C)C(C)(C)O1. The Labute approximate surface area is 141 Å². The van der Waals surface area contributed by atoms with Gasteiger partial charge in [0.15, 0.2) is 0 Å². The van der Waals surface area contributed by atoms with Crippen molar-refractivity contribution in [2.24, 2.45) is 0 Å². The number of hydrogen-bond donors (Lipinski definition) is 0. The van der Waals surface area contributed by atoms with E-state index in [0.717, 1.165) is 11.9 Å². The molecule has 0 radical (unpaired) electrons. The van der Waals surface area contributed by atoms with Crippen LogP contribution in [0.5, 0.6) is 0 Å². The van der Waals surface area contributed by atoms with Gasteiger partial charge < -0.3 is 14.0 Å². The molecule has 1 heterocycles. The third kappa shape index (κ3) is 6.15. The first-order valence-electron chi connectivity index (χ1n) is 8.54. The molecular weight excluding hydrogens is 291 g/mol. The van der Waals surface area contributed by atoms with Crippen LogP contribution in [-0.4, -0.2) is 30.9 Å². The molecule has 0 saturated carbocycles. The van der Waals surface area contributed by atoms with Crippen LogP contribution in [0, 0.1) is 0 Å². The minimum Gasteiger partial charge on any atom is -0.466 e. The van der Waals surface area contributed by atoms with Gasteiger partial charge in [0.05, 0.1) is 17.8 Å². The van der Waals surface area contributed by atoms with E-state index in [0.29, 0.717) is 13.0 Å². The Morgan fingerprint density at radius 3 is 2.30 bits per heavy atom. The highest BCUT2D eigenvalue weighted by Gasteiger charge is 2.52. The molecule has 0 amide bonds. The largest absolute Gasteiger partial charge is 0.490 e. The van der Waals surface area contributed by atoms with Crippen molar-refractivity contribution in [2.45, 2.75) is 78.4 Å². The standard InChI is InChI=1S/C18H31BO4/c1-7-8-9-10-11-12-16(13-14-21-15(2)20)19-22-17(3,4)18(5,6)23-19/h10-12H,7-9,13-14H2,1-6H3/b11-10+,16-12-. The molecule has 4 nitrogen and oxygen atoms in total. The number of unbranched alkanes of at least 4 members (excludes halogenated alkanes) is 2. The lowest BCUT2D eigenvalue weighted by atomic mass is 9.76. The highest BCUT2D eigenvalue weighted by molar-refractivity contribution is 6.54. The lowest BCUT2D eigenvalue weighted by molar-refractivity contribution is -0.140. The van der Waals surface area contributed by atoms with E-state index in [1.54, 1.807) is 0 Å². The second-order valence-electron chi connectivity index (χ2n) is 6.99. The molecule has 23 heavy (non-hydrogen) atoms. The first kappa shape index (κ1) is 20.0. The fraction of sp³-hybridized carbons (Fsp3) is 0.722. The van der Waals surface area contributed by atoms with Crippen LogP contribution in [0.1, 0.15) is 67.2 Å². The van der Waals surface area contributed by atoms with Crippen LogP contribution >= 0.6 is 0 Å². The minimum atomic E-state index is -0.397. The predicted molar refractivity (Wildman–Crippen MR) is 94.1 cm³/mol. The molecule has 130 valence electrons. The van der Waals surface area contributed by atoms with Gasteiger partial charge in [-0.3, -0.25) is 4.79 Å². The first-order valence-corrected chi connectivity index (χ1v) is 8.54. The quantitative estimate of drug-likeness (QED) is 0.290. The average molecular weight is 322 g/mol. The molecule has 0 aromatic carbocycles. The fourth-order valence-electron chi connectivity index (χ4n) is 2.20. The summed E-state index contributed by atoms with van der Waals surface area (Å²) in [6.07, 6.45) is 10.3. The summed E-state index contributed by atoms with van der Waals surface area (Å²) in [5, 5.41) is 0. The summed E-state index contributed by atoms with van der Waals surface area (Å²) >= 11 is 0. The Kier molecular flexibility index (Phi) is 7.55. The topological polar surface area (TPSA) is 44.8 Å². The fourth-order valence-corrected chi connectivity index (χ4v) is 2.20. The third-order valence-electron chi connectivity index (χ3n) is 4.42. The van der Waals surface area contributed by atoms with Crippen molar-refractivity contribution in [3.63, 3.8) is 0 Å². The number of esters is 1. The molecule has 0 spiro atoms. The lowest BCUT2D eigenvalue weighted by Gasteiger charge is -2.32. The van der Waals surface area contributed by atoms with E-state index in [1.165, 1.54) is 19.8 Å². The van der Waals surface area contributed by atoms with E-state index in [1.807, 2.05) is 39.8 Å². The Balaban J connectivity index is 2.77. The molecule has 0 atom stereocenters. The van der Waals surface area contributed by atoms with E-state index >= 15 is 0 Å². The summed E-state index contributed by atoms with van der Waals surface area (Å²) in [6.45, 7) is 12.1. The van der Waals surface area contributed by atoms with Gasteiger partial charge in [0.25, 0.3) is 0 Å². The van der Waals surface area contributed by atoms with Crippen LogP contribution in [0.2, 0.25) is 0 Å². The van der Waals surface area contributed by atoms with Crippen LogP contribution in [0.3, 0.4) is 0 Å². The molecule has 0 aliphatic carbocycles. The summed E-state index contributed by atoms with van der Waals surface area (Å²) in [4.78, 5) is 11.0. The predicted octanol–water partition coefficient (Wildman–Crippen LogP) is 4.24. The summed E-state index contributed by atoms with van der Waals surface area (Å²) in [7, 11) is -0.397. The maximum Gasteiger partial charge on any atom is 0.490 e. The van der Waals surface area contributed by atoms with Gasteiger partial charge in [-0.05, 0) is 46.0 Å². The number of ether oxygens (including phenoxy) is 1. The van der Waals surface area contributed by atoms with Crippen LogP contribution in [0.4, 0.5) is 0 Å². The van der Waals surface area contributed by atoms with Gasteiger partial charge in [-0.2, -0.15) is 0 Å². The van der Waals surface area contributed by atoms with Gasteiger partial charge >= 0.3 is 13.1 Å². The molecule has 1 rings (SSSR count). The molecule has 1 fully saturated rings. The van der Waals surface area contributed by atoms with Crippen molar-refractivity contribution in [2.75, 3.05) is 6.61 Å². The second-order valence-corrected chi connectivity index (χ2v) is 6.99. The Bertz CT molecular complexity index is 436. The van der Waals surface area contributed by atoms with Crippen LogP contribution in [-0.2, 0) is 18.8 Å². The smallest absolute Gasteiger partial charge is 0.466 e. The second kappa shape index (κ2) is 8.69. The van der Waals surface area contributed by atoms with E-state index < -0.39 is 7.12 Å². The van der Waals surface area contributed by atoms with Crippen LogP contribution in [0.15, 0.2) is 23.7 Å². The Morgan fingerprint density at radius 2 is 1.78 bits per heavy atom. The molecular formula is C18H31BO4. The molecule has 0 aromatic rings. The zero-order chi connectivity index (χ0) is 17.5. The van der Waals surface area contributed by atoms with Crippen molar-refractivity contribution in [3.05, 3.63) is 23.7 Å².